The van der Waals surface area contributed by atoms with Crippen molar-refractivity contribution in [3.8, 4) is 5.75 Å². The summed E-state index contributed by atoms with van der Waals surface area (Å²) < 4.78 is 10.5. The van der Waals surface area contributed by atoms with Crippen molar-refractivity contribution < 1.29 is 28.7 Å². The van der Waals surface area contributed by atoms with Crippen LogP contribution in [-0.2, 0) is 14.3 Å². The summed E-state index contributed by atoms with van der Waals surface area (Å²) in [5.41, 5.74) is 0.00707. The number of hydrogen-bond donors (Lipinski definition) is 1. The van der Waals surface area contributed by atoms with Crippen LogP contribution in [0.15, 0.2) is 24.3 Å². The summed E-state index contributed by atoms with van der Waals surface area (Å²) in [6, 6.07) is 5.33. The van der Waals surface area contributed by atoms with Crippen LogP contribution in [0.2, 0.25) is 20.1 Å². The molecule has 3 rings (SSSR count). The predicted octanol–water partition coefficient (Wildman–Crippen LogP) is 6.04. The fourth-order valence-electron chi connectivity index (χ4n) is 3.63. The maximum Gasteiger partial charge on any atom is 0.329 e. The Labute approximate surface area is 227 Å². The van der Waals surface area contributed by atoms with E-state index in [1.165, 1.54) is 0 Å². The van der Waals surface area contributed by atoms with Gasteiger partial charge < -0.3 is 14.8 Å². The lowest BCUT2D eigenvalue weighted by atomic mass is 10.1. The first-order valence-corrected chi connectivity index (χ1v) is 12.6. The number of ether oxygens (including phenoxy) is 2. The molecular formula is C24H22Cl4N2O6. The van der Waals surface area contributed by atoms with Gasteiger partial charge in [-0.25, -0.2) is 4.79 Å². The van der Waals surface area contributed by atoms with E-state index in [-0.39, 0.29) is 37.6 Å². The molecule has 0 saturated carbocycles. The maximum atomic E-state index is 13.2. The zero-order valence-corrected chi connectivity index (χ0v) is 22.4. The zero-order valence-electron chi connectivity index (χ0n) is 19.3. The van der Waals surface area contributed by atoms with Gasteiger partial charge in [0.15, 0.2) is 6.61 Å². The van der Waals surface area contributed by atoms with E-state index < -0.39 is 36.3 Å². The number of unbranched alkanes of at least 4 members (excludes halogenated alkanes) is 1. The van der Waals surface area contributed by atoms with E-state index >= 15 is 0 Å². The Kier molecular flexibility index (Phi) is 9.47. The molecule has 0 fully saturated rings. The molecule has 8 nitrogen and oxygen atoms in total. The molecule has 0 bridgehead atoms. The van der Waals surface area contributed by atoms with E-state index in [4.69, 9.17) is 55.9 Å². The van der Waals surface area contributed by atoms with Crippen molar-refractivity contribution in [2.24, 2.45) is 0 Å². The third kappa shape index (κ3) is 5.72. The number of carbonyl (C=O) groups is 4. The second-order valence-electron chi connectivity index (χ2n) is 7.76. The number of hydrogen-bond acceptors (Lipinski definition) is 6. The number of imide groups is 1. The van der Waals surface area contributed by atoms with Crippen molar-refractivity contribution in [2.75, 3.05) is 18.5 Å². The van der Waals surface area contributed by atoms with E-state index in [2.05, 4.69) is 5.32 Å². The van der Waals surface area contributed by atoms with Gasteiger partial charge >= 0.3 is 5.97 Å². The highest BCUT2D eigenvalue weighted by Gasteiger charge is 2.47. The molecule has 1 aliphatic rings. The quantitative estimate of drug-likeness (QED) is 0.160. The van der Waals surface area contributed by atoms with E-state index in [9.17, 15) is 19.2 Å². The fraction of sp³-hybridized carbons (Fsp3) is 0.333. The number of fused-ring (bicyclic) bond motifs is 1. The van der Waals surface area contributed by atoms with Gasteiger partial charge in [0.1, 0.15) is 11.8 Å². The Morgan fingerprint density at radius 2 is 1.47 bits per heavy atom. The minimum atomic E-state index is -1.31. The minimum absolute atomic E-state index is 0.109. The van der Waals surface area contributed by atoms with Crippen LogP contribution >= 0.6 is 46.4 Å². The average Bonchev–Trinajstić information content (AvgIpc) is 3.12. The molecule has 0 radical (unpaired) electrons. The van der Waals surface area contributed by atoms with Gasteiger partial charge in [0.05, 0.1) is 37.8 Å². The molecule has 2 aromatic rings. The molecule has 2 aromatic carbocycles. The summed E-state index contributed by atoms with van der Waals surface area (Å²) >= 11 is 24.5. The number of halogens is 4. The second kappa shape index (κ2) is 12.1. The fourth-order valence-corrected chi connectivity index (χ4v) is 4.64. The van der Waals surface area contributed by atoms with Crippen LogP contribution in [0.4, 0.5) is 5.69 Å². The molecule has 36 heavy (non-hydrogen) atoms. The molecule has 0 aliphatic carbocycles. The molecule has 0 unspecified atom stereocenters. The Hall–Kier alpha value is -2.52. The van der Waals surface area contributed by atoms with E-state index in [0.29, 0.717) is 30.9 Å². The molecule has 0 aromatic heterocycles. The topological polar surface area (TPSA) is 102 Å². The van der Waals surface area contributed by atoms with Gasteiger partial charge in [-0.3, -0.25) is 19.3 Å². The Bertz CT molecular complexity index is 1160. The molecule has 1 N–H and O–H groups in total. The van der Waals surface area contributed by atoms with Gasteiger partial charge in [0.25, 0.3) is 17.7 Å². The number of carbonyl (C=O) groups excluding carboxylic acids is 4. The Morgan fingerprint density at radius 1 is 0.917 bits per heavy atom. The lowest BCUT2D eigenvalue weighted by molar-refractivity contribution is -0.151. The summed E-state index contributed by atoms with van der Waals surface area (Å²) in [6.45, 7) is 3.61. The number of benzene rings is 2. The molecular weight excluding hydrogens is 554 g/mol. The molecule has 0 spiro atoms. The van der Waals surface area contributed by atoms with E-state index in [1.54, 1.807) is 24.3 Å². The SMILES string of the molecule is CCCC[C@H](C(=O)OCC(=O)Nc1ccc(OCC)cc1)N1C(=O)c2c(Cl)c(Cl)c(Cl)c(Cl)c2C1=O. The summed E-state index contributed by atoms with van der Waals surface area (Å²) in [6.07, 6.45) is 1.27. The minimum Gasteiger partial charge on any atom is -0.494 e. The maximum absolute atomic E-state index is 13.2. The third-order valence-electron chi connectivity index (χ3n) is 5.34. The predicted molar refractivity (Wildman–Crippen MR) is 137 cm³/mol. The second-order valence-corrected chi connectivity index (χ2v) is 9.27. The van der Waals surface area contributed by atoms with Crippen LogP contribution < -0.4 is 10.1 Å². The number of nitrogens with zero attached hydrogens (tertiary/aromatic N) is 1. The summed E-state index contributed by atoms with van der Waals surface area (Å²) in [5.74, 6) is -2.59. The number of amides is 3. The molecule has 192 valence electrons. The van der Waals surface area contributed by atoms with Crippen LogP contribution in [-0.4, -0.2) is 47.8 Å². The van der Waals surface area contributed by atoms with E-state index in [0.717, 1.165) is 4.90 Å². The number of anilines is 1. The Balaban J connectivity index is 1.75. The first kappa shape index (κ1) is 28.1. The van der Waals surface area contributed by atoms with Crippen LogP contribution in [0.1, 0.15) is 53.8 Å². The first-order valence-electron chi connectivity index (χ1n) is 11.0. The molecule has 0 saturated heterocycles. The van der Waals surface area contributed by atoms with Gasteiger partial charge in [-0.1, -0.05) is 66.2 Å². The van der Waals surface area contributed by atoms with Gasteiger partial charge in [-0.2, -0.15) is 0 Å². The number of rotatable bonds is 10. The van der Waals surface area contributed by atoms with E-state index in [1.807, 2.05) is 13.8 Å². The van der Waals surface area contributed by atoms with Crippen LogP contribution in [0.5, 0.6) is 5.75 Å². The molecule has 1 atom stereocenters. The van der Waals surface area contributed by atoms with Crippen molar-refractivity contribution in [3.05, 3.63) is 55.5 Å². The zero-order chi connectivity index (χ0) is 26.6. The molecule has 12 heteroatoms. The lowest BCUT2D eigenvalue weighted by Gasteiger charge is -2.24. The summed E-state index contributed by atoms with van der Waals surface area (Å²) in [7, 11) is 0. The normalized spacial score (nSPS) is 13.4. The van der Waals surface area contributed by atoms with Gasteiger partial charge in [0.2, 0.25) is 0 Å². The Morgan fingerprint density at radius 3 is 1.97 bits per heavy atom. The molecule has 1 heterocycles. The number of nitrogens with one attached hydrogen (secondary N) is 1. The van der Waals surface area contributed by atoms with Crippen molar-refractivity contribution in [1.82, 2.24) is 4.90 Å². The highest BCUT2D eigenvalue weighted by molar-refractivity contribution is 6.55. The largest absolute Gasteiger partial charge is 0.494 e. The third-order valence-corrected chi connectivity index (χ3v) is 7.14. The van der Waals surface area contributed by atoms with Crippen molar-refractivity contribution in [1.29, 1.82) is 0 Å². The molecule has 1 aliphatic heterocycles. The van der Waals surface area contributed by atoms with Crippen molar-refractivity contribution in [3.63, 3.8) is 0 Å². The summed E-state index contributed by atoms with van der Waals surface area (Å²) in [5, 5.41) is 1.77. The van der Waals surface area contributed by atoms with Crippen LogP contribution in [0.3, 0.4) is 0 Å². The van der Waals surface area contributed by atoms with Gasteiger partial charge in [-0.15, -0.1) is 0 Å². The molecule has 3 amide bonds. The highest BCUT2D eigenvalue weighted by Crippen LogP contribution is 2.45. The summed E-state index contributed by atoms with van der Waals surface area (Å²) in [4.78, 5) is 52.4. The van der Waals surface area contributed by atoms with Gasteiger partial charge in [-0.05, 0) is 37.6 Å². The first-order chi connectivity index (χ1) is 17.1. The standard InChI is InChI=1S/C24H22Cl4N2O6/c1-3-5-6-14(24(34)36-11-15(31)29-12-7-9-13(10-8-12)35-4-2)30-22(32)16-17(23(30)33)19(26)21(28)20(27)18(16)25/h7-10,14H,3-6,11H2,1-2H3,(H,29,31)/t14-/m1/s1. The lowest BCUT2D eigenvalue weighted by Crippen LogP contribution is -2.46. The van der Waals surface area contributed by atoms with Crippen LogP contribution in [0.25, 0.3) is 0 Å². The monoisotopic (exact) mass is 574 g/mol. The van der Waals surface area contributed by atoms with Gasteiger partial charge in [0, 0.05) is 5.69 Å². The van der Waals surface area contributed by atoms with Crippen LogP contribution in [0, 0.1) is 0 Å². The smallest absolute Gasteiger partial charge is 0.329 e. The van der Waals surface area contributed by atoms with Crippen molar-refractivity contribution in [2.45, 2.75) is 39.2 Å². The average molecular weight is 576 g/mol. The van der Waals surface area contributed by atoms with Crippen molar-refractivity contribution >= 4 is 75.8 Å². The number of esters is 1. The highest BCUT2D eigenvalue weighted by atomic mass is 35.5.